The predicted molar refractivity (Wildman–Crippen MR) is 65.3 cm³/mol. The molecule has 0 heterocycles. The monoisotopic (exact) mass is 220 g/mol. The number of aryl methyl sites for hydroxylation is 1. The molecule has 0 amide bonds. The van der Waals surface area contributed by atoms with Crippen LogP contribution in [0.1, 0.15) is 31.4 Å². The lowest BCUT2D eigenvalue weighted by Gasteiger charge is -2.11. The zero-order valence-corrected chi connectivity index (χ0v) is 10.3. The Morgan fingerprint density at radius 1 is 1.44 bits per heavy atom. The first-order valence-corrected chi connectivity index (χ1v) is 5.83. The molecule has 0 spiro atoms. The summed E-state index contributed by atoms with van der Waals surface area (Å²) >= 11 is 0. The SMILES string of the molecule is CCOC(=O)CC(C)Cc1cccc(C)c1. The highest BCUT2D eigenvalue weighted by Gasteiger charge is 2.10. The molecule has 0 aliphatic heterocycles. The summed E-state index contributed by atoms with van der Waals surface area (Å²) in [6.45, 7) is 6.47. The van der Waals surface area contributed by atoms with Gasteiger partial charge in [-0.25, -0.2) is 0 Å². The maximum atomic E-state index is 11.3. The highest BCUT2D eigenvalue weighted by atomic mass is 16.5. The van der Waals surface area contributed by atoms with E-state index in [4.69, 9.17) is 4.74 Å². The van der Waals surface area contributed by atoms with Crippen LogP contribution in [0.3, 0.4) is 0 Å². The Balaban J connectivity index is 2.45. The highest BCUT2D eigenvalue weighted by molar-refractivity contribution is 5.69. The van der Waals surface area contributed by atoms with Crippen LogP contribution in [0.2, 0.25) is 0 Å². The summed E-state index contributed by atoms with van der Waals surface area (Å²) < 4.78 is 4.94. The second kappa shape index (κ2) is 6.31. The van der Waals surface area contributed by atoms with Crippen molar-refractivity contribution in [2.75, 3.05) is 6.61 Å². The molecule has 0 radical (unpaired) electrons. The Hall–Kier alpha value is -1.31. The maximum Gasteiger partial charge on any atom is 0.306 e. The van der Waals surface area contributed by atoms with E-state index in [1.807, 2.05) is 6.92 Å². The van der Waals surface area contributed by atoms with Gasteiger partial charge in [-0.3, -0.25) is 4.79 Å². The summed E-state index contributed by atoms with van der Waals surface area (Å²) in [5, 5.41) is 0. The molecule has 0 aliphatic carbocycles. The summed E-state index contributed by atoms with van der Waals surface area (Å²) in [5.41, 5.74) is 2.55. The molecule has 2 heteroatoms. The summed E-state index contributed by atoms with van der Waals surface area (Å²) in [5.74, 6) is 0.239. The zero-order chi connectivity index (χ0) is 12.0. The first-order valence-electron chi connectivity index (χ1n) is 5.83. The third-order valence-corrected chi connectivity index (χ3v) is 2.49. The van der Waals surface area contributed by atoms with Crippen molar-refractivity contribution < 1.29 is 9.53 Å². The van der Waals surface area contributed by atoms with Crippen LogP contribution in [0.4, 0.5) is 0 Å². The van der Waals surface area contributed by atoms with Gasteiger partial charge in [0.2, 0.25) is 0 Å². The van der Waals surface area contributed by atoms with Crippen molar-refractivity contribution >= 4 is 5.97 Å². The standard InChI is InChI=1S/C14H20O2/c1-4-16-14(15)10-12(3)9-13-7-5-6-11(2)8-13/h5-8,12H,4,9-10H2,1-3H3. The van der Waals surface area contributed by atoms with Gasteiger partial charge in [0.05, 0.1) is 6.61 Å². The van der Waals surface area contributed by atoms with Crippen molar-refractivity contribution in [2.24, 2.45) is 5.92 Å². The Morgan fingerprint density at radius 3 is 2.81 bits per heavy atom. The van der Waals surface area contributed by atoms with Gasteiger partial charge in [-0.05, 0) is 31.7 Å². The molecule has 0 fully saturated rings. The predicted octanol–water partition coefficient (Wildman–Crippen LogP) is 3.13. The van der Waals surface area contributed by atoms with E-state index in [-0.39, 0.29) is 5.97 Å². The molecule has 0 bridgehead atoms. The van der Waals surface area contributed by atoms with E-state index >= 15 is 0 Å². The van der Waals surface area contributed by atoms with Crippen molar-refractivity contribution in [1.29, 1.82) is 0 Å². The Kier molecular flexibility index (Phi) is 5.03. The van der Waals surface area contributed by atoms with Crippen LogP contribution >= 0.6 is 0 Å². The van der Waals surface area contributed by atoms with Crippen molar-refractivity contribution in [3.63, 3.8) is 0 Å². The van der Waals surface area contributed by atoms with E-state index in [9.17, 15) is 4.79 Å². The highest BCUT2D eigenvalue weighted by Crippen LogP contribution is 2.13. The Bertz CT molecular complexity index is 344. The minimum atomic E-state index is -0.0948. The fraction of sp³-hybridized carbons (Fsp3) is 0.500. The first kappa shape index (κ1) is 12.8. The molecule has 0 saturated carbocycles. The third kappa shape index (κ3) is 4.47. The second-order valence-electron chi connectivity index (χ2n) is 4.31. The van der Waals surface area contributed by atoms with Crippen LogP contribution in [0.15, 0.2) is 24.3 Å². The van der Waals surface area contributed by atoms with Crippen LogP contribution < -0.4 is 0 Å². The van der Waals surface area contributed by atoms with Gasteiger partial charge >= 0.3 is 5.97 Å². The summed E-state index contributed by atoms with van der Waals surface area (Å²) in [7, 11) is 0. The number of benzene rings is 1. The number of hydrogen-bond donors (Lipinski definition) is 0. The van der Waals surface area contributed by atoms with Crippen LogP contribution in [-0.2, 0) is 16.0 Å². The molecule has 0 N–H and O–H groups in total. The van der Waals surface area contributed by atoms with E-state index < -0.39 is 0 Å². The van der Waals surface area contributed by atoms with Gasteiger partial charge in [-0.2, -0.15) is 0 Å². The molecule has 1 aromatic rings. The number of carbonyl (C=O) groups is 1. The lowest BCUT2D eigenvalue weighted by atomic mass is 9.97. The minimum absolute atomic E-state index is 0.0948. The first-order chi connectivity index (χ1) is 7.61. The third-order valence-electron chi connectivity index (χ3n) is 2.49. The number of ether oxygens (including phenoxy) is 1. The Morgan fingerprint density at radius 2 is 2.19 bits per heavy atom. The van der Waals surface area contributed by atoms with Crippen LogP contribution in [0.25, 0.3) is 0 Å². The van der Waals surface area contributed by atoms with E-state index in [2.05, 4.69) is 38.1 Å². The van der Waals surface area contributed by atoms with Crippen molar-refractivity contribution in [3.05, 3.63) is 35.4 Å². The van der Waals surface area contributed by atoms with E-state index in [1.54, 1.807) is 0 Å². The maximum absolute atomic E-state index is 11.3. The summed E-state index contributed by atoms with van der Waals surface area (Å²) in [6, 6.07) is 8.41. The van der Waals surface area contributed by atoms with E-state index in [0.717, 1.165) is 6.42 Å². The Labute approximate surface area is 97.6 Å². The normalized spacial score (nSPS) is 12.2. The van der Waals surface area contributed by atoms with E-state index in [1.165, 1.54) is 11.1 Å². The van der Waals surface area contributed by atoms with Gasteiger partial charge in [0.25, 0.3) is 0 Å². The molecule has 1 aromatic carbocycles. The molecular formula is C14H20O2. The van der Waals surface area contributed by atoms with Crippen LogP contribution in [0.5, 0.6) is 0 Å². The zero-order valence-electron chi connectivity index (χ0n) is 10.3. The van der Waals surface area contributed by atoms with Crippen LogP contribution in [0, 0.1) is 12.8 Å². The molecule has 0 aliphatic rings. The smallest absolute Gasteiger partial charge is 0.306 e. The minimum Gasteiger partial charge on any atom is -0.466 e. The van der Waals surface area contributed by atoms with Gasteiger partial charge in [0.1, 0.15) is 0 Å². The van der Waals surface area contributed by atoms with Crippen molar-refractivity contribution in [2.45, 2.75) is 33.6 Å². The summed E-state index contributed by atoms with van der Waals surface area (Å²) in [6.07, 6.45) is 1.43. The quantitative estimate of drug-likeness (QED) is 0.713. The molecule has 2 nitrogen and oxygen atoms in total. The molecular weight excluding hydrogens is 200 g/mol. The largest absolute Gasteiger partial charge is 0.466 e. The van der Waals surface area contributed by atoms with Crippen molar-refractivity contribution in [1.82, 2.24) is 0 Å². The molecule has 1 unspecified atom stereocenters. The van der Waals surface area contributed by atoms with Crippen molar-refractivity contribution in [3.8, 4) is 0 Å². The second-order valence-corrected chi connectivity index (χ2v) is 4.31. The fourth-order valence-corrected chi connectivity index (χ4v) is 1.82. The average molecular weight is 220 g/mol. The van der Waals surface area contributed by atoms with Gasteiger partial charge in [0, 0.05) is 6.42 Å². The molecule has 1 atom stereocenters. The van der Waals surface area contributed by atoms with Gasteiger partial charge in [-0.1, -0.05) is 36.8 Å². The molecule has 88 valence electrons. The van der Waals surface area contributed by atoms with E-state index in [0.29, 0.717) is 18.9 Å². The number of hydrogen-bond acceptors (Lipinski definition) is 2. The molecule has 16 heavy (non-hydrogen) atoms. The lowest BCUT2D eigenvalue weighted by Crippen LogP contribution is -2.11. The van der Waals surface area contributed by atoms with Gasteiger partial charge in [-0.15, -0.1) is 0 Å². The molecule has 1 rings (SSSR count). The molecule has 0 saturated heterocycles. The van der Waals surface area contributed by atoms with Crippen LogP contribution in [-0.4, -0.2) is 12.6 Å². The number of carbonyl (C=O) groups excluding carboxylic acids is 1. The fourth-order valence-electron chi connectivity index (χ4n) is 1.82. The van der Waals surface area contributed by atoms with Gasteiger partial charge in [0.15, 0.2) is 0 Å². The number of rotatable bonds is 5. The average Bonchev–Trinajstić information content (AvgIpc) is 2.17. The molecule has 0 aromatic heterocycles. The lowest BCUT2D eigenvalue weighted by molar-refractivity contribution is -0.144. The summed E-state index contributed by atoms with van der Waals surface area (Å²) in [4.78, 5) is 11.3. The van der Waals surface area contributed by atoms with Gasteiger partial charge < -0.3 is 4.74 Å². The number of esters is 1. The topological polar surface area (TPSA) is 26.3 Å².